The lowest BCUT2D eigenvalue weighted by Gasteiger charge is -2.03. The fourth-order valence-corrected chi connectivity index (χ4v) is 4.62. The van der Waals surface area contributed by atoms with Crippen LogP contribution >= 0.6 is 11.3 Å². The highest BCUT2D eigenvalue weighted by Crippen LogP contribution is 2.29. The number of rotatable bonds is 2. The van der Waals surface area contributed by atoms with E-state index in [1.165, 1.54) is 11.3 Å². The van der Waals surface area contributed by atoms with Crippen molar-refractivity contribution in [3.8, 4) is 0 Å². The van der Waals surface area contributed by atoms with Crippen LogP contribution in [-0.4, -0.2) is 13.0 Å². The number of aromatic nitrogens is 1. The highest BCUT2D eigenvalue weighted by atomic mass is 32.2. The number of nitrogens with zero attached hydrogens (tertiary/aromatic N) is 1. The molecule has 0 bridgehead atoms. The molecule has 1 aromatic carbocycles. The second-order valence-corrected chi connectivity index (χ2v) is 7.11. The Hall–Kier alpha value is -1.59. The van der Waals surface area contributed by atoms with Crippen molar-refractivity contribution in [2.45, 2.75) is 9.24 Å². The lowest BCUT2D eigenvalue weighted by Crippen LogP contribution is -2.05. The summed E-state index contributed by atoms with van der Waals surface area (Å²) in [5.41, 5.74) is 0.924. The molecule has 0 spiro atoms. The van der Waals surface area contributed by atoms with Crippen molar-refractivity contribution >= 4 is 32.1 Å². The maximum Gasteiger partial charge on any atom is 0.231 e. The normalized spacial score (nSPS) is 12.1. The quantitative estimate of drug-likeness (QED) is 0.722. The van der Waals surface area contributed by atoms with Crippen LogP contribution in [0.5, 0.6) is 0 Å². The number of hydrogen-bond donors (Lipinski definition) is 0. The smallest absolute Gasteiger partial charge is 0.231 e. The molecule has 18 heavy (non-hydrogen) atoms. The minimum absolute atomic E-state index is 0.339. The molecular weight excluding hydrogens is 266 g/mol. The van der Waals surface area contributed by atoms with Gasteiger partial charge in [-0.05, 0) is 23.6 Å². The molecule has 3 aromatic rings. The Morgan fingerprint density at radius 1 is 1.11 bits per heavy atom. The summed E-state index contributed by atoms with van der Waals surface area (Å²) in [5, 5.41) is 3.05. The van der Waals surface area contributed by atoms with Gasteiger partial charge in [0, 0.05) is 18.0 Å². The summed E-state index contributed by atoms with van der Waals surface area (Å²) in [4.78, 5) is 0. The lowest BCUT2D eigenvalue weighted by molar-refractivity contribution is 0.589. The Kier molecular flexibility index (Phi) is 2.53. The van der Waals surface area contributed by atoms with Crippen LogP contribution in [0.4, 0.5) is 0 Å². The molecule has 0 aliphatic rings. The van der Waals surface area contributed by atoms with Gasteiger partial charge >= 0.3 is 0 Å². The van der Waals surface area contributed by atoms with Crippen LogP contribution in [0.25, 0.3) is 10.9 Å². The summed E-state index contributed by atoms with van der Waals surface area (Å²) < 4.78 is 27.1. The number of para-hydroxylation sites is 1. The van der Waals surface area contributed by atoms with Crippen molar-refractivity contribution in [1.29, 1.82) is 0 Å². The van der Waals surface area contributed by atoms with Gasteiger partial charge in [0.05, 0.1) is 0 Å². The average Bonchev–Trinajstić information content (AvgIpc) is 2.98. The number of benzene rings is 1. The first-order valence-corrected chi connectivity index (χ1v) is 7.80. The van der Waals surface area contributed by atoms with Crippen molar-refractivity contribution < 1.29 is 8.42 Å². The first-order valence-electron chi connectivity index (χ1n) is 5.44. The van der Waals surface area contributed by atoms with Gasteiger partial charge in [0.1, 0.15) is 9.24 Å². The molecule has 0 aliphatic heterocycles. The van der Waals surface area contributed by atoms with Crippen molar-refractivity contribution in [2.75, 3.05) is 0 Å². The molecule has 3 nitrogen and oxygen atoms in total. The second-order valence-electron chi connectivity index (χ2n) is 4.04. The van der Waals surface area contributed by atoms with Crippen LogP contribution in [0.1, 0.15) is 0 Å². The van der Waals surface area contributed by atoms with Gasteiger partial charge in [0.2, 0.25) is 9.84 Å². The minimum Gasteiger partial charge on any atom is -0.334 e. The van der Waals surface area contributed by atoms with Crippen LogP contribution < -0.4 is 0 Å². The number of aryl methyl sites for hydroxylation is 1. The first kappa shape index (κ1) is 11.5. The minimum atomic E-state index is -3.41. The zero-order valence-corrected chi connectivity index (χ0v) is 11.3. The maximum atomic E-state index is 12.5. The predicted octanol–water partition coefficient (Wildman–Crippen LogP) is 3.07. The third kappa shape index (κ3) is 1.59. The van der Waals surface area contributed by atoms with E-state index < -0.39 is 9.84 Å². The highest BCUT2D eigenvalue weighted by molar-refractivity contribution is 7.93. The van der Waals surface area contributed by atoms with Crippen molar-refractivity contribution in [3.63, 3.8) is 0 Å². The van der Waals surface area contributed by atoms with Gasteiger partial charge in [-0.15, -0.1) is 11.3 Å². The van der Waals surface area contributed by atoms with Crippen LogP contribution in [0, 0.1) is 0 Å². The standard InChI is InChI=1S/C13H11NO2S2/c1-14-11-6-3-2-5-10(11)9-12(14)18(15,16)13-7-4-8-17-13/h2-9H,1H3. The zero-order valence-electron chi connectivity index (χ0n) is 9.70. The highest BCUT2D eigenvalue weighted by Gasteiger charge is 2.23. The number of thiophene rings is 1. The molecule has 2 aromatic heterocycles. The van der Waals surface area contributed by atoms with Gasteiger partial charge in [-0.1, -0.05) is 24.3 Å². The molecule has 0 saturated heterocycles. The molecule has 2 heterocycles. The SMILES string of the molecule is Cn1c(S(=O)(=O)c2cccs2)cc2ccccc21. The lowest BCUT2D eigenvalue weighted by atomic mass is 10.2. The summed E-state index contributed by atoms with van der Waals surface area (Å²) in [6.45, 7) is 0. The Morgan fingerprint density at radius 3 is 2.56 bits per heavy atom. The van der Waals surface area contributed by atoms with Crippen LogP contribution in [0.3, 0.4) is 0 Å². The molecule has 0 unspecified atom stereocenters. The third-order valence-corrected chi connectivity index (χ3v) is 6.16. The topological polar surface area (TPSA) is 39.1 Å². The molecule has 0 fully saturated rings. The monoisotopic (exact) mass is 277 g/mol. The summed E-state index contributed by atoms with van der Waals surface area (Å²) in [6, 6.07) is 12.8. The van der Waals surface area contributed by atoms with Gasteiger partial charge in [-0.2, -0.15) is 0 Å². The predicted molar refractivity (Wildman–Crippen MR) is 72.7 cm³/mol. The van der Waals surface area contributed by atoms with Crippen LogP contribution in [0.15, 0.2) is 57.1 Å². The van der Waals surface area contributed by atoms with E-state index in [-0.39, 0.29) is 0 Å². The van der Waals surface area contributed by atoms with Gasteiger partial charge in [-0.25, -0.2) is 8.42 Å². The average molecular weight is 277 g/mol. The Morgan fingerprint density at radius 2 is 1.89 bits per heavy atom. The Balaban J connectivity index is 2.30. The molecule has 0 aliphatic carbocycles. The Labute approximate surface area is 109 Å². The fourth-order valence-electron chi connectivity index (χ4n) is 2.04. The fraction of sp³-hybridized carbons (Fsp3) is 0.0769. The van der Waals surface area contributed by atoms with E-state index in [1.54, 1.807) is 35.2 Å². The van der Waals surface area contributed by atoms with Gasteiger partial charge in [0.25, 0.3) is 0 Å². The largest absolute Gasteiger partial charge is 0.334 e. The van der Waals surface area contributed by atoms with Crippen LogP contribution in [-0.2, 0) is 16.9 Å². The van der Waals surface area contributed by atoms with Gasteiger partial charge < -0.3 is 4.57 Å². The molecule has 3 rings (SSSR count). The maximum absolute atomic E-state index is 12.5. The Bertz CT molecular complexity index is 799. The zero-order chi connectivity index (χ0) is 12.8. The van der Waals surface area contributed by atoms with Crippen LogP contribution in [0.2, 0.25) is 0 Å². The van der Waals surface area contributed by atoms with Gasteiger partial charge in [-0.3, -0.25) is 0 Å². The third-order valence-electron chi connectivity index (χ3n) is 2.94. The number of hydrogen-bond acceptors (Lipinski definition) is 3. The first-order chi connectivity index (χ1) is 8.60. The summed E-state index contributed by atoms with van der Waals surface area (Å²) in [6.07, 6.45) is 0. The molecule has 0 N–H and O–H groups in total. The van der Waals surface area contributed by atoms with E-state index in [2.05, 4.69) is 0 Å². The van der Waals surface area contributed by atoms with E-state index in [9.17, 15) is 8.42 Å². The molecule has 92 valence electrons. The van der Waals surface area contributed by atoms with E-state index >= 15 is 0 Å². The summed E-state index contributed by atoms with van der Waals surface area (Å²) in [7, 11) is -1.63. The van der Waals surface area contributed by atoms with E-state index in [0.717, 1.165) is 10.9 Å². The van der Waals surface area contributed by atoms with E-state index in [0.29, 0.717) is 9.24 Å². The molecule has 0 radical (unpaired) electrons. The van der Waals surface area contributed by atoms with E-state index in [4.69, 9.17) is 0 Å². The van der Waals surface area contributed by atoms with Gasteiger partial charge in [0.15, 0.2) is 0 Å². The second kappa shape index (κ2) is 3.96. The number of sulfone groups is 1. The van der Waals surface area contributed by atoms with E-state index in [1.807, 2.05) is 24.3 Å². The van der Waals surface area contributed by atoms with Crippen molar-refractivity contribution in [2.24, 2.45) is 7.05 Å². The summed E-state index contributed by atoms with van der Waals surface area (Å²) in [5.74, 6) is 0. The molecule has 0 amide bonds. The summed E-state index contributed by atoms with van der Waals surface area (Å²) >= 11 is 1.24. The number of fused-ring (bicyclic) bond motifs is 1. The molecule has 0 saturated carbocycles. The molecular formula is C13H11NO2S2. The molecule has 0 atom stereocenters. The van der Waals surface area contributed by atoms with Crippen molar-refractivity contribution in [3.05, 3.63) is 47.8 Å². The van der Waals surface area contributed by atoms with Crippen molar-refractivity contribution in [1.82, 2.24) is 4.57 Å². The molecule has 5 heteroatoms.